The molecule has 0 unspecified atom stereocenters. The first-order chi connectivity index (χ1) is 6.56. The van der Waals surface area contributed by atoms with Crippen LogP contribution in [0.1, 0.15) is 5.56 Å². The Hall–Kier alpha value is -1.84. The van der Waals surface area contributed by atoms with E-state index >= 15 is 0 Å². The van der Waals surface area contributed by atoms with Crippen molar-refractivity contribution in [1.29, 1.82) is 0 Å². The van der Waals surface area contributed by atoms with Gasteiger partial charge in [0, 0.05) is 6.08 Å². The molecule has 0 amide bonds. The number of carbonyl (C=O) groups excluding carboxylic acids is 1. The molecule has 1 aromatic rings. The molecule has 4 heteroatoms. The zero-order valence-corrected chi connectivity index (χ0v) is 7.58. The molecule has 0 heterocycles. The summed E-state index contributed by atoms with van der Waals surface area (Å²) in [5.41, 5.74) is 0.426. The van der Waals surface area contributed by atoms with Crippen molar-refractivity contribution in [3.63, 3.8) is 0 Å². The molecule has 3 nitrogen and oxygen atoms in total. The van der Waals surface area contributed by atoms with Gasteiger partial charge in [0.1, 0.15) is 0 Å². The number of aromatic hydroxyl groups is 1. The second-order valence-electron chi connectivity index (χ2n) is 2.67. The number of hydrogen-bond acceptors (Lipinski definition) is 3. The number of esters is 1. The Labute approximate surface area is 80.4 Å². The molecule has 0 spiro atoms. The lowest BCUT2D eigenvalue weighted by Gasteiger charge is -2.07. The average molecular weight is 196 g/mol. The van der Waals surface area contributed by atoms with E-state index in [1.165, 1.54) is 12.1 Å². The molecule has 1 aromatic carbocycles. The van der Waals surface area contributed by atoms with Crippen molar-refractivity contribution in [3.8, 4) is 11.5 Å². The maximum Gasteiger partial charge on any atom is 0.335 e. The topological polar surface area (TPSA) is 46.5 Å². The van der Waals surface area contributed by atoms with Crippen molar-refractivity contribution in [2.24, 2.45) is 0 Å². The molecule has 74 valence electrons. The van der Waals surface area contributed by atoms with Crippen LogP contribution >= 0.6 is 0 Å². The maximum absolute atomic E-state index is 13.2. The van der Waals surface area contributed by atoms with Crippen LogP contribution in [0.5, 0.6) is 11.5 Å². The van der Waals surface area contributed by atoms with Crippen LogP contribution in [0.15, 0.2) is 24.8 Å². The molecule has 0 bridgehead atoms. The van der Waals surface area contributed by atoms with Gasteiger partial charge in [-0.25, -0.2) is 4.79 Å². The first-order valence-corrected chi connectivity index (χ1v) is 3.88. The number of ether oxygens (including phenoxy) is 1. The molecule has 0 aliphatic carbocycles. The highest BCUT2D eigenvalue weighted by Crippen LogP contribution is 2.29. The van der Waals surface area contributed by atoms with Crippen molar-refractivity contribution < 1.29 is 19.0 Å². The second kappa shape index (κ2) is 3.91. The predicted molar refractivity (Wildman–Crippen MR) is 48.6 cm³/mol. The van der Waals surface area contributed by atoms with Gasteiger partial charge < -0.3 is 9.84 Å². The zero-order chi connectivity index (χ0) is 10.7. The molecule has 14 heavy (non-hydrogen) atoms. The highest BCUT2D eigenvalue weighted by atomic mass is 19.1. The van der Waals surface area contributed by atoms with Gasteiger partial charge in [-0.3, -0.25) is 0 Å². The van der Waals surface area contributed by atoms with Crippen molar-refractivity contribution in [3.05, 3.63) is 36.2 Å². The van der Waals surface area contributed by atoms with Crippen molar-refractivity contribution in [2.75, 3.05) is 0 Å². The molecule has 0 saturated carbocycles. The maximum atomic E-state index is 13.2. The van der Waals surface area contributed by atoms with E-state index in [1.54, 1.807) is 6.92 Å². The van der Waals surface area contributed by atoms with Crippen LogP contribution in [-0.2, 0) is 4.79 Å². The molecule has 1 N–H and O–H groups in total. The van der Waals surface area contributed by atoms with E-state index in [0.29, 0.717) is 5.56 Å². The summed E-state index contributed by atoms with van der Waals surface area (Å²) in [6.45, 7) is 4.74. The van der Waals surface area contributed by atoms with E-state index in [0.717, 1.165) is 6.08 Å². The van der Waals surface area contributed by atoms with E-state index in [1.807, 2.05) is 0 Å². The van der Waals surface area contributed by atoms with Gasteiger partial charge in [0.15, 0.2) is 11.5 Å². The van der Waals surface area contributed by atoms with Gasteiger partial charge in [0.25, 0.3) is 0 Å². The molecule has 0 aliphatic heterocycles. The van der Waals surface area contributed by atoms with Crippen LogP contribution < -0.4 is 4.74 Å². The van der Waals surface area contributed by atoms with E-state index in [9.17, 15) is 9.18 Å². The number of phenolic OH excluding ortho intramolecular Hbond substituents is 1. The lowest BCUT2D eigenvalue weighted by Crippen LogP contribution is -2.06. The van der Waals surface area contributed by atoms with Crippen LogP contribution in [-0.4, -0.2) is 11.1 Å². The summed E-state index contributed by atoms with van der Waals surface area (Å²) in [5.74, 6) is -2.53. The Balaban J connectivity index is 3.12. The van der Waals surface area contributed by atoms with Crippen LogP contribution in [0.4, 0.5) is 4.39 Å². The highest BCUT2D eigenvalue weighted by Gasteiger charge is 2.13. The predicted octanol–water partition coefficient (Wildman–Crippen LogP) is 1.93. The lowest BCUT2D eigenvalue weighted by atomic mass is 10.2. The zero-order valence-electron chi connectivity index (χ0n) is 7.58. The molecule has 0 atom stereocenters. The van der Waals surface area contributed by atoms with Crippen LogP contribution in [0.3, 0.4) is 0 Å². The minimum absolute atomic E-state index is 0.269. The highest BCUT2D eigenvalue weighted by molar-refractivity contribution is 5.83. The van der Waals surface area contributed by atoms with Crippen LogP contribution in [0.2, 0.25) is 0 Å². The SMILES string of the molecule is C=CC(=O)Oc1c(C)ccc(O)c1F. The van der Waals surface area contributed by atoms with Crippen LogP contribution in [0, 0.1) is 12.7 Å². The smallest absolute Gasteiger partial charge is 0.335 e. The Morgan fingerprint density at radius 2 is 2.29 bits per heavy atom. The average Bonchev–Trinajstić information content (AvgIpc) is 2.18. The van der Waals surface area contributed by atoms with E-state index in [4.69, 9.17) is 5.11 Å². The molecule has 0 aromatic heterocycles. The second-order valence-corrected chi connectivity index (χ2v) is 2.67. The number of rotatable bonds is 2. The first kappa shape index (κ1) is 10.2. The third kappa shape index (κ3) is 1.90. The Morgan fingerprint density at radius 1 is 1.64 bits per heavy atom. The summed E-state index contributed by atoms with van der Waals surface area (Å²) in [6.07, 6.45) is 0.920. The summed E-state index contributed by atoms with van der Waals surface area (Å²) in [6, 6.07) is 2.64. The number of halogens is 1. The molecule has 0 saturated heterocycles. The lowest BCUT2D eigenvalue weighted by molar-refractivity contribution is -0.129. The van der Waals surface area contributed by atoms with Crippen LogP contribution in [0.25, 0.3) is 0 Å². The summed E-state index contributed by atoms with van der Waals surface area (Å²) in [7, 11) is 0. The fourth-order valence-electron chi connectivity index (χ4n) is 0.910. The Bertz CT molecular complexity index is 385. The number of hydrogen-bond donors (Lipinski definition) is 1. The van der Waals surface area contributed by atoms with E-state index < -0.39 is 17.5 Å². The normalized spacial score (nSPS) is 9.57. The third-order valence-corrected chi connectivity index (χ3v) is 1.64. The Morgan fingerprint density at radius 3 is 2.86 bits per heavy atom. The van der Waals surface area contributed by atoms with Gasteiger partial charge in [-0.2, -0.15) is 4.39 Å². The fourth-order valence-corrected chi connectivity index (χ4v) is 0.910. The number of benzene rings is 1. The first-order valence-electron chi connectivity index (χ1n) is 3.88. The largest absolute Gasteiger partial charge is 0.505 e. The van der Waals surface area contributed by atoms with Crippen molar-refractivity contribution >= 4 is 5.97 Å². The van der Waals surface area contributed by atoms with Gasteiger partial charge in [-0.1, -0.05) is 12.6 Å². The molecule has 0 fully saturated rings. The van der Waals surface area contributed by atoms with E-state index in [2.05, 4.69) is 11.3 Å². The fraction of sp³-hybridized carbons (Fsp3) is 0.100. The number of carbonyl (C=O) groups is 1. The monoisotopic (exact) mass is 196 g/mol. The Kier molecular flexibility index (Phi) is 2.86. The molecule has 0 radical (unpaired) electrons. The van der Waals surface area contributed by atoms with Crippen molar-refractivity contribution in [1.82, 2.24) is 0 Å². The molecule has 1 rings (SSSR count). The quantitative estimate of drug-likeness (QED) is 0.446. The van der Waals surface area contributed by atoms with Gasteiger partial charge in [0.05, 0.1) is 0 Å². The summed E-state index contributed by atoms with van der Waals surface area (Å²) < 4.78 is 17.8. The van der Waals surface area contributed by atoms with Gasteiger partial charge in [0.2, 0.25) is 5.82 Å². The molecular weight excluding hydrogens is 187 g/mol. The standard InChI is InChI=1S/C10H9FO3/c1-3-8(13)14-10-6(2)4-5-7(12)9(10)11/h3-5,12H,1H2,2H3. The third-order valence-electron chi connectivity index (χ3n) is 1.64. The minimum atomic E-state index is -0.944. The number of phenols is 1. The molecular formula is C10H9FO3. The van der Waals surface area contributed by atoms with Crippen molar-refractivity contribution in [2.45, 2.75) is 6.92 Å². The van der Waals surface area contributed by atoms with Gasteiger partial charge >= 0.3 is 5.97 Å². The van der Waals surface area contributed by atoms with Gasteiger partial charge in [-0.05, 0) is 18.6 Å². The van der Waals surface area contributed by atoms with Gasteiger partial charge in [-0.15, -0.1) is 0 Å². The summed E-state index contributed by atoms with van der Waals surface area (Å²) >= 11 is 0. The molecule has 0 aliphatic rings. The summed E-state index contributed by atoms with van der Waals surface area (Å²) in [4.78, 5) is 10.8. The number of aryl methyl sites for hydroxylation is 1. The summed E-state index contributed by atoms with van der Waals surface area (Å²) in [5, 5.41) is 9.02. The van der Waals surface area contributed by atoms with E-state index in [-0.39, 0.29) is 5.75 Å². The minimum Gasteiger partial charge on any atom is -0.505 e.